The van der Waals surface area contributed by atoms with Gasteiger partial charge in [0.05, 0.1) is 11.8 Å². The smallest absolute Gasteiger partial charge is 0.153 e. The van der Waals surface area contributed by atoms with Crippen molar-refractivity contribution in [3.8, 4) is 16.9 Å². The van der Waals surface area contributed by atoms with Crippen molar-refractivity contribution in [3.63, 3.8) is 0 Å². The molecule has 0 saturated carbocycles. The highest BCUT2D eigenvalue weighted by Gasteiger charge is 2.13. The molecule has 0 radical (unpaired) electrons. The van der Waals surface area contributed by atoms with Crippen molar-refractivity contribution in [3.05, 3.63) is 71.5 Å². The second kappa shape index (κ2) is 9.87. The zero-order valence-electron chi connectivity index (χ0n) is 18.2. The maximum Gasteiger partial charge on any atom is 0.153 e. The summed E-state index contributed by atoms with van der Waals surface area (Å²) in [7, 11) is -1.09. The van der Waals surface area contributed by atoms with E-state index in [9.17, 15) is 4.79 Å². The van der Waals surface area contributed by atoms with Gasteiger partial charge in [0.2, 0.25) is 0 Å². The highest BCUT2D eigenvalue weighted by Crippen LogP contribution is 2.30. The first-order chi connectivity index (χ1) is 14.4. The zero-order chi connectivity index (χ0) is 21.6. The molecule has 2 aromatic carbocycles. The van der Waals surface area contributed by atoms with Gasteiger partial charge in [0.15, 0.2) is 6.29 Å². The van der Waals surface area contributed by atoms with Gasteiger partial charge in [-0.15, -0.1) is 0 Å². The fraction of sp³-hybridized carbons (Fsp3) is 0.333. The van der Waals surface area contributed by atoms with E-state index in [0.29, 0.717) is 24.7 Å². The average Bonchev–Trinajstić information content (AvgIpc) is 3.19. The molecule has 0 spiro atoms. The SMILES string of the molecule is Cc1cc(-c2cnn(COCC[Si](C)(C)C)c2)cc(C=O)c1OCc1ccccc1. The molecule has 30 heavy (non-hydrogen) atoms. The van der Waals surface area contributed by atoms with Gasteiger partial charge in [0, 0.05) is 26.4 Å². The van der Waals surface area contributed by atoms with Crippen LogP contribution in [0.5, 0.6) is 5.75 Å². The monoisotopic (exact) mass is 422 g/mol. The summed E-state index contributed by atoms with van der Waals surface area (Å²) in [5.41, 5.74) is 4.41. The van der Waals surface area contributed by atoms with Crippen LogP contribution in [0.25, 0.3) is 11.1 Å². The van der Waals surface area contributed by atoms with Crippen molar-refractivity contribution in [2.75, 3.05) is 6.61 Å². The van der Waals surface area contributed by atoms with E-state index >= 15 is 0 Å². The van der Waals surface area contributed by atoms with Crippen LogP contribution in [0.3, 0.4) is 0 Å². The van der Waals surface area contributed by atoms with Crippen LogP contribution < -0.4 is 4.74 Å². The van der Waals surface area contributed by atoms with Crippen molar-refractivity contribution in [2.24, 2.45) is 0 Å². The molecule has 1 heterocycles. The van der Waals surface area contributed by atoms with Gasteiger partial charge in [-0.25, -0.2) is 4.68 Å². The van der Waals surface area contributed by atoms with Crippen LogP contribution in [-0.2, 0) is 18.1 Å². The first-order valence-corrected chi connectivity index (χ1v) is 13.9. The fourth-order valence-corrected chi connectivity index (χ4v) is 3.86. The number of carbonyl (C=O) groups excluding carboxylic acids is 1. The van der Waals surface area contributed by atoms with Crippen molar-refractivity contribution in [1.29, 1.82) is 0 Å². The van der Waals surface area contributed by atoms with Crippen molar-refractivity contribution in [1.82, 2.24) is 9.78 Å². The van der Waals surface area contributed by atoms with Gasteiger partial charge in [0.25, 0.3) is 0 Å². The molecule has 5 nitrogen and oxygen atoms in total. The first-order valence-electron chi connectivity index (χ1n) is 10.2. The third-order valence-corrected chi connectivity index (χ3v) is 6.55. The number of aryl methyl sites for hydroxylation is 1. The van der Waals surface area contributed by atoms with Crippen molar-refractivity contribution < 1.29 is 14.3 Å². The topological polar surface area (TPSA) is 53.4 Å². The summed E-state index contributed by atoms with van der Waals surface area (Å²) in [6.45, 7) is 10.6. The molecule has 0 aliphatic heterocycles. The summed E-state index contributed by atoms with van der Waals surface area (Å²) >= 11 is 0. The second-order valence-corrected chi connectivity index (χ2v) is 14.3. The van der Waals surface area contributed by atoms with Crippen LogP contribution in [0.15, 0.2) is 54.9 Å². The summed E-state index contributed by atoms with van der Waals surface area (Å²) < 4.78 is 13.5. The maximum absolute atomic E-state index is 11.7. The van der Waals surface area contributed by atoms with E-state index in [1.54, 1.807) is 10.9 Å². The Bertz CT molecular complexity index is 978. The Hall–Kier alpha value is -2.70. The van der Waals surface area contributed by atoms with E-state index in [0.717, 1.165) is 41.2 Å². The Kier molecular flexibility index (Phi) is 7.23. The third-order valence-electron chi connectivity index (χ3n) is 4.84. The fourth-order valence-electron chi connectivity index (χ4n) is 3.10. The Morgan fingerprint density at radius 3 is 2.57 bits per heavy atom. The van der Waals surface area contributed by atoms with Gasteiger partial charge in [-0.3, -0.25) is 4.79 Å². The van der Waals surface area contributed by atoms with Gasteiger partial charge in [0.1, 0.15) is 19.1 Å². The number of aldehydes is 1. The van der Waals surface area contributed by atoms with Gasteiger partial charge in [-0.1, -0.05) is 50.0 Å². The average molecular weight is 423 g/mol. The molecule has 0 amide bonds. The minimum absolute atomic E-state index is 0.425. The van der Waals surface area contributed by atoms with Gasteiger partial charge in [-0.05, 0) is 41.8 Å². The molecule has 0 aliphatic carbocycles. The van der Waals surface area contributed by atoms with E-state index < -0.39 is 8.07 Å². The van der Waals surface area contributed by atoms with E-state index in [2.05, 4.69) is 24.7 Å². The molecule has 0 aliphatic rings. The van der Waals surface area contributed by atoms with Crippen LogP contribution in [-0.4, -0.2) is 30.7 Å². The van der Waals surface area contributed by atoms with Gasteiger partial charge < -0.3 is 9.47 Å². The number of rotatable bonds is 10. The number of nitrogens with zero attached hydrogens (tertiary/aromatic N) is 2. The number of carbonyl (C=O) groups is 1. The lowest BCUT2D eigenvalue weighted by molar-refractivity contribution is 0.0786. The first kappa shape index (κ1) is 22.0. The lowest BCUT2D eigenvalue weighted by atomic mass is 10.0. The number of ether oxygens (including phenoxy) is 2. The Labute approximate surface area is 179 Å². The van der Waals surface area contributed by atoms with Crippen LogP contribution in [0.1, 0.15) is 21.5 Å². The normalized spacial score (nSPS) is 11.5. The molecular weight excluding hydrogens is 392 g/mol. The van der Waals surface area contributed by atoms with Crippen LogP contribution in [0, 0.1) is 6.92 Å². The standard InChI is InChI=1S/C24H30N2O3Si/c1-19-12-21(23-14-25-26(15-23)18-28-10-11-30(2,3)4)13-22(16-27)24(19)29-17-20-8-6-5-7-9-20/h5-9,12-16H,10-11,17-18H2,1-4H3. The molecule has 0 fully saturated rings. The summed E-state index contributed by atoms with van der Waals surface area (Å²) in [5.74, 6) is 0.625. The lowest BCUT2D eigenvalue weighted by Gasteiger charge is -2.15. The molecule has 0 atom stereocenters. The number of benzene rings is 2. The van der Waals surface area contributed by atoms with Gasteiger partial charge in [-0.2, -0.15) is 5.10 Å². The third kappa shape index (κ3) is 6.15. The zero-order valence-corrected chi connectivity index (χ0v) is 19.2. The lowest BCUT2D eigenvalue weighted by Crippen LogP contribution is -2.22. The second-order valence-electron chi connectivity index (χ2n) is 8.72. The number of hydrogen-bond donors (Lipinski definition) is 0. The number of aromatic nitrogens is 2. The summed E-state index contributed by atoms with van der Waals surface area (Å²) in [6, 6.07) is 14.9. The van der Waals surface area contributed by atoms with Crippen molar-refractivity contribution >= 4 is 14.4 Å². The highest BCUT2D eigenvalue weighted by atomic mass is 28.3. The predicted molar refractivity (Wildman–Crippen MR) is 123 cm³/mol. The number of hydrogen-bond acceptors (Lipinski definition) is 4. The Balaban J connectivity index is 1.69. The Morgan fingerprint density at radius 1 is 1.10 bits per heavy atom. The van der Waals surface area contributed by atoms with E-state index in [1.165, 1.54) is 0 Å². The highest BCUT2D eigenvalue weighted by molar-refractivity contribution is 6.76. The molecular formula is C24H30N2O3Si. The molecule has 158 valence electrons. The van der Waals surface area contributed by atoms with Gasteiger partial charge >= 0.3 is 0 Å². The van der Waals surface area contributed by atoms with E-state index in [1.807, 2.05) is 55.6 Å². The van der Waals surface area contributed by atoms with Crippen LogP contribution >= 0.6 is 0 Å². The summed E-state index contributed by atoms with van der Waals surface area (Å²) in [4.78, 5) is 11.7. The van der Waals surface area contributed by atoms with Crippen LogP contribution in [0.4, 0.5) is 0 Å². The predicted octanol–water partition coefficient (Wildman–Crippen LogP) is 5.56. The molecule has 1 aromatic heterocycles. The van der Waals surface area contributed by atoms with E-state index in [4.69, 9.17) is 9.47 Å². The molecule has 0 saturated heterocycles. The minimum Gasteiger partial charge on any atom is -0.488 e. The molecule has 3 aromatic rings. The minimum atomic E-state index is -1.09. The molecule has 3 rings (SSSR count). The molecule has 0 N–H and O–H groups in total. The summed E-state index contributed by atoms with van der Waals surface area (Å²) in [6.07, 6.45) is 4.60. The summed E-state index contributed by atoms with van der Waals surface area (Å²) in [5, 5.41) is 4.39. The molecule has 0 unspecified atom stereocenters. The maximum atomic E-state index is 11.7. The van der Waals surface area contributed by atoms with Crippen LogP contribution in [0.2, 0.25) is 25.7 Å². The van der Waals surface area contributed by atoms with Crippen molar-refractivity contribution in [2.45, 2.75) is 45.9 Å². The Morgan fingerprint density at radius 2 is 1.87 bits per heavy atom. The molecule has 6 heteroatoms. The molecule has 0 bridgehead atoms. The largest absolute Gasteiger partial charge is 0.488 e. The van der Waals surface area contributed by atoms with E-state index in [-0.39, 0.29) is 0 Å². The quantitative estimate of drug-likeness (QED) is 0.244.